The Balaban J connectivity index is 1.89. The van der Waals surface area contributed by atoms with Crippen LogP contribution >= 0.6 is 0 Å². The summed E-state index contributed by atoms with van der Waals surface area (Å²) in [7, 11) is 0. The molecule has 5 heteroatoms. The van der Waals surface area contributed by atoms with Crippen molar-refractivity contribution in [1.82, 2.24) is 15.2 Å². The molecule has 0 bridgehead atoms. The Kier molecular flexibility index (Phi) is 3.30. The smallest absolute Gasteiger partial charge is 0.164 e. The molecule has 0 spiro atoms. The van der Waals surface area contributed by atoms with E-state index in [0.717, 1.165) is 31.7 Å². The molecule has 2 rings (SSSR count). The van der Waals surface area contributed by atoms with Gasteiger partial charge in [0, 0.05) is 13.0 Å². The van der Waals surface area contributed by atoms with Crippen LogP contribution in [0.5, 0.6) is 0 Å². The standard InChI is InChI=1S/C10H14N4O/c11-5-4-9-12-10(14-13-9)7-8-3-1-2-6-15-8/h8H,1-4,6-7H2,(H,12,13,14). The molecule has 1 saturated heterocycles. The molecule has 1 aliphatic rings. The highest BCUT2D eigenvalue weighted by Crippen LogP contribution is 2.15. The summed E-state index contributed by atoms with van der Waals surface area (Å²) in [6.45, 7) is 0.851. The lowest BCUT2D eigenvalue weighted by Gasteiger charge is -2.21. The Morgan fingerprint density at radius 2 is 2.47 bits per heavy atom. The highest BCUT2D eigenvalue weighted by molar-refractivity contribution is 4.97. The topological polar surface area (TPSA) is 74.6 Å². The minimum absolute atomic E-state index is 0.265. The van der Waals surface area contributed by atoms with Crippen molar-refractivity contribution in [2.24, 2.45) is 0 Å². The molecule has 0 saturated carbocycles. The second-order valence-electron chi connectivity index (χ2n) is 3.73. The Morgan fingerprint density at radius 3 is 3.20 bits per heavy atom. The van der Waals surface area contributed by atoms with Crippen molar-refractivity contribution in [3.05, 3.63) is 11.6 Å². The van der Waals surface area contributed by atoms with Crippen LogP contribution in [0.3, 0.4) is 0 Å². The van der Waals surface area contributed by atoms with Crippen LogP contribution in [0.25, 0.3) is 0 Å². The predicted molar refractivity (Wildman–Crippen MR) is 53.0 cm³/mol. The normalized spacial score (nSPS) is 21.1. The van der Waals surface area contributed by atoms with Crippen molar-refractivity contribution >= 4 is 0 Å². The van der Waals surface area contributed by atoms with Crippen molar-refractivity contribution in [3.8, 4) is 6.07 Å². The van der Waals surface area contributed by atoms with E-state index in [1.165, 1.54) is 6.42 Å². The van der Waals surface area contributed by atoms with E-state index in [1.54, 1.807) is 0 Å². The average Bonchev–Trinajstić information content (AvgIpc) is 2.68. The molecular weight excluding hydrogens is 192 g/mol. The molecule has 15 heavy (non-hydrogen) atoms. The van der Waals surface area contributed by atoms with Gasteiger partial charge in [0.05, 0.1) is 18.6 Å². The SMILES string of the molecule is N#CCc1n[nH]c(CC2CCCCO2)n1. The molecule has 0 amide bonds. The third-order valence-electron chi connectivity index (χ3n) is 2.51. The van der Waals surface area contributed by atoms with E-state index in [1.807, 2.05) is 6.07 Å². The molecule has 0 radical (unpaired) electrons. The minimum Gasteiger partial charge on any atom is -0.378 e. The third kappa shape index (κ3) is 2.77. The van der Waals surface area contributed by atoms with Crippen LogP contribution in [0.1, 0.15) is 30.9 Å². The maximum atomic E-state index is 8.48. The number of aromatic nitrogens is 3. The van der Waals surface area contributed by atoms with Gasteiger partial charge in [-0.05, 0) is 19.3 Å². The summed E-state index contributed by atoms with van der Waals surface area (Å²) in [4.78, 5) is 4.22. The Bertz CT molecular complexity index is 349. The molecule has 1 aromatic rings. The van der Waals surface area contributed by atoms with Gasteiger partial charge in [-0.2, -0.15) is 10.4 Å². The number of nitrogens with zero attached hydrogens (tertiary/aromatic N) is 3. The molecule has 1 unspecified atom stereocenters. The summed E-state index contributed by atoms with van der Waals surface area (Å²) in [6, 6.07) is 2.02. The largest absolute Gasteiger partial charge is 0.378 e. The van der Waals surface area contributed by atoms with Gasteiger partial charge in [-0.3, -0.25) is 5.10 Å². The number of nitriles is 1. The monoisotopic (exact) mass is 206 g/mol. The molecule has 1 atom stereocenters. The first-order valence-corrected chi connectivity index (χ1v) is 5.27. The van der Waals surface area contributed by atoms with E-state index in [-0.39, 0.29) is 12.5 Å². The van der Waals surface area contributed by atoms with Gasteiger partial charge in [-0.25, -0.2) is 4.98 Å². The average molecular weight is 206 g/mol. The number of hydrogen-bond donors (Lipinski definition) is 1. The van der Waals surface area contributed by atoms with Gasteiger partial charge in [0.1, 0.15) is 5.82 Å². The zero-order chi connectivity index (χ0) is 10.5. The Labute approximate surface area is 88.5 Å². The summed E-state index contributed by atoms with van der Waals surface area (Å²) < 4.78 is 5.60. The molecule has 5 nitrogen and oxygen atoms in total. The molecule has 2 heterocycles. The summed E-state index contributed by atoms with van der Waals surface area (Å²) in [5, 5.41) is 15.3. The maximum absolute atomic E-state index is 8.48. The fraction of sp³-hybridized carbons (Fsp3) is 0.700. The number of rotatable bonds is 3. The number of nitrogens with one attached hydrogen (secondary N) is 1. The third-order valence-corrected chi connectivity index (χ3v) is 2.51. The van der Waals surface area contributed by atoms with E-state index in [2.05, 4.69) is 15.2 Å². The van der Waals surface area contributed by atoms with Crippen molar-refractivity contribution in [2.75, 3.05) is 6.61 Å². The molecule has 0 aromatic carbocycles. The molecule has 1 aromatic heterocycles. The van der Waals surface area contributed by atoms with Crippen molar-refractivity contribution in [1.29, 1.82) is 5.26 Å². The summed E-state index contributed by atoms with van der Waals surface area (Å²) in [5.74, 6) is 1.40. The summed E-state index contributed by atoms with van der Waals surface area (Å²) >= 11 is 0. The molecular formula is C10H14N4O. The quantitative estimate of drug-likeness (QED) is 0.800. The van der Waals surface area contributed by atoms with Crippen LogP contribution in [0.2, 0.25) is 0 Å². The number of H-pyrrole nitrogens is 1. The molecule has 80 valence electrons. The van der Waals surface area contributed by atoms with Gasteiger partial charge in [-0.1, -0.05) is 0 Å². The fourth-order valence-corrected chi connectivity index (χ4v) is 1.76. The zero-order valence-electron chi connectivity index (χ0n) is 8.57. The minimum atomic E-state index is 0.265. The van der Waals surface area contributed by atoms with E-state index >= 15 is 0 Å². The van der Waals surface area contributed by atoms with Crippen LogP contribution < -0.4 is 0 Å². The lowest BCUT2D eigenvalue weighted by molar-refractivity contribution is 0.0157. The van der Waals surface area contributed by atoms with Gasteiger partial charge in [0.2, 0.25) is 0 Å². The Morgan fingerprint density at radius 1 is 1.53 bits per heavy atom. The van der Waals surface area contributed by atoms with E-state index in [9.17, 15) is 0 Å². The van der Waals surface area contributed by atoms with Gasteiger partial charge >= 0.3 is 0 Å². The highest BCUT2D eigenvalue weighted by Gasteiger charge is 2.16. The molecule has 1 N–H and O–H groups in total. The fourth-order valence-electron chi connectivity index (χ4n) is 1.76. The van der Waals surface area contributed by atoms with Crippen molar-refractivity contribution in [3.63, 3.8) is 0 Å². The van der Waals surface area contributed by atoms with Gasteiger partial charge in [-0.15, -0.1) is 0 Å². The second kappa shape index (κ2) is 4.89. The summed E-state index contributed by atoms with van der Waals surface area (Å²) in [5.41, 5.74) is 0. The van der Waals surface area contributed by atoms with E-state index in [4.69, 9.17) is 10.00 Å². The zero-order valence-corrected chi connectivity index (χ0v) is 8.57. The van der Waals surface area contributed by atoms with Gasteiger partial charge < -0.3 is 4.74 Å². The summed E-state index contributed by atoms with van der Waals surface area (Å²) in [6.07, 6.45) is 4.78. The highest BCUT2D eigenvalue weighted by atomic mass is 16.5. The first-order chi connectivity index (χ1) is 7.38. The van der Waals surface area contributed by atoms with Gasteiger partial charge in [0.15, 0.2) is 5.82 Å². The molecule has 1 aliphatic heterocycles. The van der Waals surface area contributed by atoms with E-state index < -0.39 is 0 Å². The van der Waals surface area contributed by atoms with E-state index in [0.29, 0.717) is 5.82 Å². The second-order valence-corrected chi connectivity index (χ2v) is 3.73. The molecule has 1 fully saturated rings. The van der Waals surface area contributed by atoms with Crippen molar-refractivity contribution in [2.45, 2.75) is 38.2 Å². The number of hydrogen-bond acceptors (Lipinski definition) is 4. The predicted octanol–water partition coefficient (Wildman–Crippen LogP) is 0.982. The van der Waals surface area contributed by atoms with Gasteiger partial charge in [0.25, 0.3) is 0 Å². The van der Waals surface area contributed by atoms with Crippen LogP contribution in [-0.4, -0.2) is 27.9 Å². The lowest BCUT2D eigenvalue weighted by Crippen LogP contribution is -2.21. The Hall–Kier alpha value is -1.41. The first-order valence-electron chi connectivity index (χ1n) is 5.27. The maximum Gasteiger partial charge on any atom is 0.164 e. The van der Waals surface area contributed by atoms with Crippen LogP contribution in [0.4, 0.5) is 0 Å². The molecule has 0 aliphatic carbocycles. The van der Waals surface area contributed by atoms with Crippen LogP contribution in [-0.2, 0) is 17.6 Å². The van der Waals surface area contributed by atoms with Crippen LogP contribution in [0.15, 0.2) is 0 Å². The first kappa shape index (κ1) is 10.1. The lowest BCUT2D eigenvalue weighted by atomic mass is 10.1. The van der Waals surface area contributed by atoms with Crippen molar-refractivity contribution < 1.29 is 4.74 Å². The number of ether oxygens (including phenoxy) is 1. The number of aromatic amines is 1. The van der Waals surface area contributed by atoms with Crippen LogP contribution in [0, 0.1) is 11.3 Å².